The van der Waals surface area contributed by atoms with Crippen LogP contribution in [0.5, 0.6) is 5.75 Å². The maximum atomic E-state index is 12.2. The van der Waals surface area contributed by atoms with E-state index in [0.717, 1.165) is 27.9 Å². The van der Waals surface area contributed by atoms with E-state index in [2.05, 4.69) is 5.32 Å². The van der Waals surface area contributed by atoms with Gasteiger partial charge >= 0.3 is 0 Å². The molecule has 0 fully saturated rings. The number of anilines is 1. The second-order valence-electron chi connectivity index (χ2n) is 6.60. The van der Waals surface area contributed by atoms with E-state index in [1.54, 1.807) is 7.05 Å². The van der Waals surface area contributed by atoms with E-state index in [1.807, 2.05) is 64.1 Å². The fourth-order valence-electron chi connectivity index (χ4n) is 2.49. The lowest BCUT2D eigenvalue weighted by Crippen LogP contribution is -2.37. The quantitative estimate of drug-likeness (QED) is 0.865. The highest BCUT2D eigenvalue weighted by atomic mass is 16.5. The third-order valence-corrected chi connectivity index (χ3v) is 4.38. The Kier molecular flexibility index (Phi) is 6.39. The molecule has 1 N–H and O–H groups in total. The summed E-state index contributed by atoms with van der Waals surface area (Å²) < 4.78 is 5.61. The summed E-state index contributed by atoms with van der Waals surface area (Å²) in [7, 11) is 1.59. The molecule has 0 aromatic heterocycles. The molecule has 0 aliphatic rings. The number of nitrogens with zero attached hydrogens (tertiary/aromatic N) is 1. The Morgan fingerprint density at radius 3 is 2.50 bits per heavy atom. The van der Waals surface area contributed by atoms with Gasteiger partial charge in [-0.25, -0.2) is 0 Å². The Morgan fingerprint density at radius 1 is 1.04 bits per heavy atom. The highest BCUT2D eigenvalue weighted by Gasteiger charge is 2.15. The molecule has 0 bridgehead atoms. The average Bonchev–Trinajstić information content (AvgIpc) is 2.59. The van der Waals surface area contributed by atoms with Crippen LogP contribution in [0, 0.1) is 27.7 Å². The van der Waals surface area contributed by atoms with Gasteiger partial charge in [-0.2, -0.15) is 0 Å². The maximum Gasteiger partial charge on any atom is 0.260 e. The number of carbonyl (C=O) groups excluding carboxylic acids is 2. The van der Waals surface area contributed by atoms with Crippen LogP contribution in [0.15, 0.2) is 36.4 Å². The van der Waals surface area contributed by atoms with Crippen molar-refractivity contribution in [2.75, 3.05) is 25.5 Å². The summed E-state index contributed by atoms with van der Waals surface area (Å²) in [6, 6.07) is 11.6. The molecule has 0 saturated carbocycles. The van der Waals surface area contributed by atoms with Gasteiger partial charge in [0.2, 0.25) is 5.91 Å². The van der Waals surface area contributed by atoms with Gasteiger partial charge in [-0.05, 0) is 62.1 Å². The lowest BCUT2D eigenvalue weighted by Gasteiger charge is -2.18. The van der Waals surface area contributed by atoms with Crippen molar-refractivity contribution in [1.29, 1.82) is 0 Å². The molecule has 0 unspecified atom stereocenters. The summed E-state index contributed by atoms with van der Waals surface area (Å²) in [5.74, 6) is 0.204. The zero-order valence-electron chi connectivity index (χ0n) is 16.1. The van der Waals surface area contributed by atoms with Crippen LogP contribution in [0.4, 0.5) is 5.69 Å². The normalized spacial score (nSPS) is 10.3. The fraction of sp³-hybridized carbons (Fsp3) is 0.333. The van der Waals surface area contributed by atoms with E-state index in [1.165, 1.54) is 4.90 Å². The molecule has 0 aliphatic heterocycles. The molecule has 0 heterocycles. The van der Waals surface area contributed by atoms with E-state index in [0.29, 0.717) is 5.75 Å². The molecule has 0 atom stereocenters. The van der Waals surface area contributed by atoms with E-state index < -0.39 is 0 Å². The van der Waals surface area contributed by atoms with Gasteiger partial charge in [-0.3, -0.25) is 9.59 Å². The van der Waals surface area contributed by atoms with Crippen LogP contribution >= 0.6 is 0 Å². The smallest absolute Gasteiger partial charge is 0.260 e. The molecule has 5 heteroatoms. The van der Waals surface area contributed by atoms with Crippen molar-refractivity contribution in [3.05, 3.63) is 58.7 Å². The average molecular weight is 354 g/mol. The molecule has 0 radical (unpaired) electrons. The summed E-state index contributed by atoms with van der Waals surface area (Å²) in [6.07, 6.45) is 0. The van der Waals surface area contributed by atoms with Crippen LogP contribution < -0.4 is 10.1 Å². The number of amides is 2. The van der Waals surface area contributed by atoms with Gasteiger partial charge in [0.25, 0.3) is 5.91 Å². The van der Waals surface area contributed by atoms with Crippen LogP contribution in [-0.2, 0) is 9.59 Å². The van der Waals surface area contributed by atoms with Crippen LogP contribution in [0.2, 0.25) is 0 Å². The third kappa shape index (κ3) is 5.09. The van der Waals surface area contributed by atoms with Crippen LogP contribution in [0.25, 0.3) is 0 Å². The van der Waals surface area contributed by atoms with E-state index in [4.69, 9.17) is 4.74 Å². The molecular formula is C21H26N2O3. The predicted molar refractivity (Wildman–Crippen MR) is 104 cm³/mol. The first kappa shape index (κ1) is 19.5. The van der Waals surface area contributed by atoms with Gasteiger partial charge in [0.05, 0.1) is 6.54 Å². The molecule has 2 aromatic rings. The minimum atomic E-state index is -0.248. The maximum absolute atomic E-state index is 12.2. The van der Waals surface area contributed by atoms with Crippen molar-refractivity contribution in [2.24, 2.45) is 0 Å². The topological polar surface area (TPSA) is 58.6 Å². The number of hydrogen-bond donors (Lipinski definition) is 1. The van der Waals surface area contributed by atoms with Crippen molar-refractivity contribution >= 4 is 17.5 Å². The minimum Gasteiger partial charge on any atom is -0.483 e. The molecule has 0 spiro atoms. The number of hydrogen-bond acceptors (Lipinski definition) is 3. The first-order chi connectivity index (χ1) is 12.3. The molecular weight excluding hydrogens is 328 g/mol. The third-order valence-electron chi connectivity index (χ3n) is 4.38. The zero-order valence-corrected chi connectivity index (χ0v) is 16.1. The number of carbonyl (C=O) groups is 2. The summed E-state index contributed by atoms with van der Waals surface area (Å²) in [5, 5.41) is 2.85. The van der Waals surface area contributed by atoms with Crippen molar-refractivity contribution < 1.29 is 14.3 Å². The highest BCUT2D eigenvalue weighted by molar-refractivity contribution is 5.95. The molecule has 5 nitrogen and oxygen atoms in total. The van der Waals surface area contributed by atoms with Crippen molar-refractivity contribution in [1.82, 2.24) is 4.90 Å². The molecule has 2 rings (SSSR count). The zero-order chi connectivity index (χ0) is 19.3. The first-order valence-corrected chi connectivity index (χ1v) is 8.58. The molecule has 26 heavy (non-hydrogen) atoms. The number of ether oxygens (including phenoxy) is 1. The van der Waals surface area contributed by atoms with E-state index in [9.17, 15) is 9.59 Å². The van der Waals surface area contributed by atoms with Gasteiger partial charge in [0.15, 0.2) is 6.61 Å². The Balaban J connectivity index is 1.89. The lowest BCUT2D eigenvalue weighted by atomic mass is 10.1. The number of benzene rings is 2. The predicted octanol–water partition coefficient (Wildman–Crippen LogP) is 3.40. The lowest BCUT2D eigenvalue weighted by molar-refractivity contribution is -0.135. The van der Waals surface area contributed by atoms with Gasteiger partial charge in [-0.15, -0.1) is 0 Å². The van der Waals surface area contributed by atoms with Crippen LogP contribution in [0.3, 0.4) is 0 Å². The van der Waals surface area contributed by atoms with E-state index >= 15 is 0 Å². The van der Waals surface area contributed by atoms with Gasteiger partial charge in [-0.1, -0.05) is 24.3 Å². The first-order valence-electron chi connectivity index (χ1n) is 8.58. The largest absolute Gasteiger partial charge is 0.483 e. The van der Waals surface area contributed by atoms with Gasteiger partial charge in [0.1, 0.15) is 5.75 Å². The molecule has 0 saturated heterocycles. The fourth-order valence-corrected chi connectivity index (χ4v) is 2.49. The Morgan fingerprint density at radius 2 is 1.77 bits per heavy atom. The van der Waals surface area contributed by atoms with Crippen LogP contribution in [0.1, 0.15) is 22.3 Å². The highest BCUT2D eigenvalue weighted by Crippen LogP contribution is 2.19. The monoisotopic (exact) mass is 354 g/mol. The standard InChI is InChI=1S/C21H26N2O3/c1-14-9-10-16(3)19(11-14)26-13-21(25)23(5)12-20(24)22-18-8-6-7-15(2)17(18)4/h6-11H,12-13H2,1-5H3,(H,22,24). The van der Waals surface area contributed by atoms with Gasteiger partial charge < -0.3 is 15.0 Å². The number of aryl methyl sites for hydroxylation is 3. The second-order valence-corrected chi connectivity index (χ2v) is 6.60. The number of nitrogens with one attached hydrogen (secondary N) is 1. The Bertz CT molecular complexity index is 815. The second kappa shape index (κ2) is 8.52. The molecule has 138 valence electrons. The van der Waals surface area contributed by atoms with Crippen molar-refractivity contribution in [3.63, 3.8) is 0 Å². The van der Waals surface area contributed by atoms with Gasteiger partial charge in [0, 0.05) is 12.7 Å². The van der Waals surface area contributed by atoms with Crippen molar-refractivity contribution in [3.8, 4) is 5.75 Å². The molecule has 2 aromatic carbocycles. The summed E-state index contributed by atoms with van der Waals surface area (Å²) in [5.41, 5.74) is 4.93. The number of likely N-dealkylation sites (N-methyl/N-ethyl adjacent to an activating group) is 1. The minimum absolute atomic E-state index is 0.0254. The summed E-state index contributed by atoms with van der Waals surface area (Å²) in [4.78, 5) is 25.8. The van der Waals surface area contributed by atoms with Crippen molar-refractivity contribution in [2.45, 2.75) is 27.7 Å². The Hall–Kier alpha value is -2.82. The Labute approximate surface area is 155 Å². The summed E-state index contributed by atoms with van der Waals surface area (Å²) in [6.45, 7) is 7.72. The van der Waals surface area contributed by atoms with Crippen LogP contribution in [-0.4, -0.2) is 36.9 Å². The molecule has 0 aliphatic carbocycles. The van der Waals surface area contributed by atoms with E-state index in [-0.39, 0.29) is 25.0 Å². The number of rotatable bonds is 6. The molecule has 2 amide bonds. The summed E-state index contributed by atoms with van der Waals surface area (Å²) >= 11 is 0. The SMILES string of the molecule is Cc1ccc(C)c(OCC(=O)N(C)CC(=O)Nc2cccc(C)c2C)c1.